The molecule has 2 rings (SSSR count). The minimum absolute atomic E-state index is 0.0958. The van der Waals surface area contributed by atoms with Gasteiger partial charge in [-0.15, -0.1) is 0 Å². The van der Waals surface area contributed by atoms with E-state index in [4.69, 9.17) is 29.0 Å². The van der Waals surface area contributed by atoms with E-state index in [2.05, 4.69) is 26.2 Å². The molecule has 1 amide bonds. The number of carbonyl (C=O) groups is 1. The molecule has 4 N–H and O–H groups in total. The Bertz CT molecular complexity index is 585. The molecule has 0 bridgehead atoms. The van der Waals surface area contributed by atoms with E-state index in [0.717, 1.165) is 4.47 Å². The molecule has 0 radical (unpaired) electrons. The molecule has 0 spiro atoms. The van der Waals surface area contributed by atoms with Crippen LogP contribution in [0, 0.1) is 0 Å². The molecule has 1 aromatic rings. The quantitative estimate of drug-likeness (QED) is 0.315. The zero-order valence-corrected chi connectivity index (χ0v) is 11.9. The van der Waals surface area contributed by atoms with Gasteiger partial charge in [0.2, 0.25) is 0 Å². The van der Waals surface area contributed by atoms with Crippen molar-refractivity contribution in [3.63, 3.8) is 0 Å². The maximum Gasteiger partial charge on any atom is 0.278 e. The maximum atomic E-state index is 11.3. The van der Waals surface area contributed by atoms with E-state index in [1.54, 1.807) is 12.1 Å². The predicted molar refractivity (Wildman–Crippen MR) is 75.9 cm³/mol. The van der Waals surface area contributed by atoms with Crippen molar-refractivity contribution in [3.05, 3.63) is 33.4 Å². The summed E-state index contributed by atoms with van der Waals surface area (Å²) in [5.74, 6) is 4.36. The Morgan fingerprint density at radius 1 is 1.50 bits per heavy atom. The number of benzene rings is 1. The zero-order valence-electron chi connectivity index (χ0n) is 8.80. The highest BCUT2D eigenvalue weighted by molar-refractivity contribution is 9.10. The molecule has 0 fully saturated rings. The molecule has 1 aliphatic heterocycles. The topological polar surface area (TPSA) is 79.5 Å². The Hall–Kier alpha value is -1.08. The van der Waals surface area contributed by atoms with Crippen LogP contribution in [0.3, 0.4) is 0 Å². The van der Waals surface area contributed by atoms with Crippen LogP contribution in [-0.2, 0) is 4.79 Å². The summed E-state index contributed by atoms with van der Waals surface area (Å²) in [5.41, 5.74) is 3.48. The van der Waals surface area contributed by atoms with Gasteiger partial charge in [-0.3, -0.25) is 10.2 Å². The first kappa shape index (κ1) is 13.4. The number of hydrogen-bond acceptors (Lipinski definition) is 4. The van der Waals surface area contributed by atoms with Crippen molar-refractivity contribution in [1.82, 2.24) is 5.43 Å². The Morgan fingerprint density at radius 2 is 2.22 bits per heavy atom. The van der Waals surface area contributed by atoms with Crippen molar-refractivity contribution in [2.24, 2.45) is 10.8 Å². The Balaban J connectivity index is 2.50. The highest BCUT2D eigenvalue weighted by Crippen LogP contribution is 2.35. The summed E-state index contributed by atoms with van der Waals surface area (Å²) in [4.78, 5) is 15.5. The van der Waals surface area contributed by atoms with E-state index in [9.17, 15) is 4.79 Å². The summed E-state index contributed by atoms with van der Waals surface area (Å²) in [7, 11) is 0. The number of nitrogens with one attached hydrogen (secondary N) is 2. The number of anilines is 1. The van der Waals surface area contributed by atoms with Gasteiger partial charge in [0.05, 0.1) is 11.4 Å². The highest BCUT2D eigenvalue weighted by Gasteiger charge is 2.21. The summed E-state index contributed by atoms with van der Waals surface area (Å²) in [6.45, 7) is 0. The Kier molecular flexibility index (Phi) is 3.91. The van der Waals surface area contributed by atoms with Gasteiger partial charge < -0.3 is 5.32 Å². The number of amides is 1. The molecule has 8 heteroatoms. The fraction of sp³-hybridized carbons (Fsp3) is 0. The largest absolute Gasteiger partial charge is 0.350 e. The van der Waals surface area contributed by atoms with E-state index in [0.29, 0.717) is 11.4 Å². The first-order valence-electron chi connectivity index (χ1n) is 4.74. The van der Waals surface area contributed by atoms with Crippen LogP contribution in [0.25, 0.3) is 0 Å². The number of hydrazine groups is 1. The van der Waals surface area contributed by atoms with Crippen molar-refractivity contribution >= 4 is 61.6 Å². The van der Waals surface area contributed by atoms with Crippen LogP contribution < -0.4 is 16.6 Å². The van der Waals surface area contributed by atoms with Gasteiger partial charge in [-0.05, 0) is 18.2 Å². The minimum Gasteiger partial charge on any atom is -0.350 e. The molecule has 0 unspecified atom stereocenters. The van der Waals surface area contributed by atoms with E-state index in [1.807, 2.05) is 11.5 Å². The predicted octanol–water partition coefficient (Wildman–Crippen LogP) is 2.58. The van der Waals surface area contributed by atoms with Crippen molar-refractivity contribution < 1.29 is 4.79 Å². The fourth-order valence-electron chi connectivity index (χ4n) is 1.38. The molecule has 94 valence electrons. The molecule has 0 saturated heterocycles. The van der Waals surface area contributed by atoms with Crippen molar-refractivity contribution in [2.45, 2.75) is 0 Å². The molecule has 1 heterocycles. The lowest BCUT2D eigenvalue weighted by Crippen LogP contribution is -2.32. The molecule has 0 saturated carbocycles. The van der Waals surface area contributed by atoms with Crippen molar-refractivity contribution in [1.29, 1.82) is 0 Å². The van der Waals surface area contributed by atoms with Crippen LogP contribution in [0.4, 0.5) is 11.4 Å². The summed E-state index contributed by atoms with van der Waals surface area (Å²) in [6, 6.07) is 5.41. The molecule has 18 heavy (non-hydrogen) atoms. The van der Waals surface area contributed by atoms with E-state index in [-0.39, 0.29) is 15.9 Å². The fourth-order valence-corrected chi connectivity index (χ4v) is 2.21. The number of carbonyl (C=O) groups excluding carboxylic acids is 1. The first-order chi connectivity index (χ1) is 8.52. The SMILES string of the molecule is NNC(=O)/C(Cl)=C1/Nc2cc(Br)ccc2N=C1Cl. The van der Waals surface area contributed by atoms with Gasteiger partial charge in [0.1, 0.15) is 10.7 Å². The number of nitrogens with two attached hydrogens (primary N) is 1. The zero-order chi connectivity index (χ0) is 13.3. The number of fused-ring (bicyclic) bond motifs is 1. The second-order valence-corrected chi connectivity index (χ2v) is 5.00. The monoisotopic (exact) mass is 348 g/mol. The second kappa shape index (κ2) is 5.27. The molecule has 0 aromatic heterocycles. The minimum atomic E-state index is -0.647. The summed E-state index contributed by atoms with van der Waals surface area (Å²) in [5, 5.41) is 2.88. The Morgan fingerprint density at radius 3 is 2.89 bits per heavy atom. The van der Waals surface area contributed by atoms with E-state index < -0.39 is 5.91 Å². The van der Waals surface area contributed by atoms with Gasteiger partial charge in [-0.25, -0.2) is 10.8 Å². The van der Waals surface area contributed by atoms with Crippen LogP contribution in [0.15, 0.2) is 38.4 Å². The number of nitrogens with zero attached hydrogens (tertiary/aromatic N) is 1. The number of allylic oxidation sites excluding steroid dienone is 1. The molecular formula is C10H7BrCl2N4O. The van der Waals surface area contributed by atoms with Crippen LogP contribution in [0.1, 0.15) is 0 Å². The van der Waals surface area contributed by atoms with Gasteiger partial charge in [0, 0.05) is 4.47 Å². The summed E-state index contributed by atoms with van der Waals surface area (Å²) < 4.78 is 0.862. The molecule has 0 atom stereocenters. The van der Waals surface area contributed by atoms with E-state index >= 15 is 0 Å². The summed E-state index contributed by atoms with van der Waals surface area (Å²) in [6.07, 6.45) is 0. The lowest BCUT2D eigenvalue weighted by atomic mass is 10.2. The van der Waals surface area contributed by atoms with Gasteiger partial charge in [0.15, 0.2) is 5.17 Å². The number of aliphatic imine (C=N–C) groups is 1. The van der Waals surface area contributed by atoms with Gasteiger partial charge in [-0.1, -0.05) is 39.1 Å². The average Bonchev–Trinajstić information content (AvgIpc) is 2.36. The first-order valence-corrected chi connectivity index (χ1v) is 6.29. The number of hydrogen-bond donors (Lipinski definition) is 3. The molecular weight excluding hydrogens is 343 g/mol. The van der Waals surface area contributed by atoms with Gasteiger partial charge in [-0.2, -0.15) is 0 Å². The maximum absolute atomic E-state index is 11.3. The molecule has 1 aromatic carbocycles. The number of rotatable bonds is 1. The van der Waals surface area contributed by atoms with Crippen molar-refractivity contribution in [3.8, 4) is 0 Å². The Labute approximate surface area is 121 Å². The third-order valence-corrected chi connectivity index (χ3v) is 3.32. The smallest absolute Gasteiger partial charge is 0.278 e. The third-order valence-electron chi connectivity index (χ3n) is 2.19. The molecule has 0 aliphatic carbocycles. The second-order valence-electron chi connectivity index (χ2n) is 3.35. The molecule has 1 aliphatic rings. The van der Waals surface area contributed by atoms with Crippen LogP contribution in [0.2, 0.25) is 0 Å². The summed E-state index contributed by atoms with van der Waals surface area (Å²) >= 11 is 15.2. The molecule has 5 nitrogen and oxygen atoms in total. The third kappa shape index (κ3) is 2.51. The van der Waals surface area contributed by atoms with Crippen molar-refractivity contribution in [2.75, 3.05) is 5.32 Å². The van der Waals surface area contributed by atoms with Crippen LogP contribution >= 0.6 is 39.1 Å². The van der Waals surface area contributed by atoms with E-state index in [1.165, 1.54) is 0 Å². The van der Waals surface area contributed by atoms with Gasteiger partial charge >= 0.3 is 0 Å². The standard InChI is InChI=1S/C10H7BrCl2N4O/c11-4-1-2-5-6(3-4)15-8(9(13)16-5)7(12)10(18)17-14/h1-3,15H,14H2,(H,17,18)/b8-7-. The lowest BCUT2D eigenvalue weighted by molar-refractivity contribution is -0.116. The van der Waals surface area contributed by atoms with Crippen LogP contribution in [-0.4, -0.2) is 11.1 Å². The number of halogens is 3. The normalized spacial score (nSPS) is 16.3. The van der Waals surface area contributed by atoms with Gasteiger partial charge in [0.25, 0.3) is 5.91 Å². The average molecular weight is 350 g/mol. The highest BCUT2D eigenvalue weighted by atomic mass is 79.9. The van der Waals surface area contributed by atoms with Crippen LogP contribution in [0.5, 0.6) is 0 Å². The lowest BCUT2D eigenvalue weighted by Gasteiger charge is -2.18.